The van der Waals surface area contributed by atoms with Crippen LogP contribution in [0, 0.1) is 12.7 Å². The minimum Gasteiger partial charge on any atom is -0.480 e. The lowest BCUT2D eigenvalue weighted by Gasteiger charge is -2.18. The van der Waals surface area contributed by atoms with Crippen molar-refractivity contribution >= 4 is 33.1 Å². The highest BCUT2D eigenvalue weighted by molar-refractivity contribution is 7.90. The van der Waals surface area contributed by atoms with E-state index in [4.69, 9.17) is 4.74 Å². The summed E-state index contributed by atoms with van der Waals surface area (Å²) in [4.78, 5) is 37.1. The van der Waals surface area contributed by atoms with Gasteiger partial charge in [-0.15, -0.1) is 11.3 Å². The molecule has 0 saturated carbocycles. The molecule has 1 amide bonds. The van der Waals surface area contributed by atoms with E-state index in [-0.39, 0.29) is 36.3 Å². The first-order valence-corrected chi connectivity index (χ1v) is 16.5. The van der Waals surface area contributed by atoms with Crippen molar-refractivity contribution in [3.63, 3.8) is 0 Å². The van der Waals surface area contributed by atoms with Gasteiger partial charge < -0.3 is 20.1 Å². The second-order valence-corrected chi connectivity index (χ2v) is 13.5. The maximum Gasteiger partial charge on any atom is 0.326 e. The summed E-state index contributed by atoms with van der Waals surface area (Å²) < 4.78 is 42.9. The van der Waals surface area contributed by atoms with Gasteiger partial charge in [0.2, 0.25) is 0 Å². The lowest BCUT2D eigenvalue weighted by atomic mass is 9.97. The van der Waals surface area contributed by atoms with Crippen LogP contribution in [-0.4, -0.2) is 58.4 Å². The zero-order chi connectivity index (χ0) is 31.0. The van der Waals surface area contributed by atoms with Crippen molar-refractivity contribution < 1.29 is 32.2 Å². The number of nitrogens with one attached hydrogen (secondary N) is 2. The smallest absolute Gasteiger partial charge is 0.326 e. The fraction of sp³-hybridized carbons (Fsp3) is 0.333. The number of sulfone groups is 1. The predicted molar refractivity (Wildman–Crippen MR) is 160 cm³/mol. The number of benzene rings is 2. The van der Waals surface area contributed by atoms with Crippen LogP contribution in [0.4, 0.5) is 4.39 Å². The molecule has 2 atom stereocenters. The van der Waals surface area contributed by atoms with E-state index in [1.54, 1.807) is 36.7 Å². The van der Waals surface area contributed by atoms with E-state index in [0.29, 0.717) is 30.4 Å². The standard InChI is InChI=1S/C30H33FN4O6S2/c1-19-33-17-24(34-19)16-27(29-32-12-13-42-29)41-18-21-4-8-22(7-3-20-5-9-23(31)10-6-20)25(15-21)28(36)35-26(30(37)38)11-14-43(2,39)40/h4-6,8-10,12-13,15,17,26-27H,3,7,11,14,16,18H2,1-2H3,(H,33,34)(H,35,36)(H,37,38)/t26-,27?/m0/s1. The summed E-state index contributed by atoms with van der Waals surface area (Å²) in [5.41, 5.74) is 3.35. The molecular weight excluding hydrogens is 595 g/mol. The number of aryl methyl sites for hydroxylation is 3. The van der Waals surface area contributed by atoms with Crippen molar-refractivity contribution in [3.8, 4) is 0 Å². The molecule has 2 heterocycles. The van der Waals surface area contributed by atoms with Gasteiger partial charge in [0, 0.05) is 41.7 Å². The number of rotatable bonds is 15. The molecule has 4 rings (SSSR count). The van der Waals surface area contributed by atoms with Crippen LogP contribution < -0.4 is 5.32 Å². The van der Waals surface area contributed by atoms with Gasteiger partial charge in [-0.1, -0.05) is 24.3 Å². The van der Waals surface area contributed by atoms with Crippen LogP contribution in [0.1, 0.15) is 56.1 Å². The lowest BCUT2D eigenvalue weighted by molar-refractivity contribution is -0.139. The fourth-order valence-corrected chi connectivity index (χ4v) is 5.83. The number of amides is 1. The number of aromatic amines is 1. The number of halogens is 1. The maximum absolute atomic E-state index is 13.4. The Balaban J connectivity index is 1.56. The fourth-order valence-electron chi connectivity index (χ4n) is 4.48. The van der Waals surface area contributed by atoms with Crippen LogP contribution in [0.3, 0.4) is 0 Å². The summed E-state index contributed by atoms with van der Waals surface area (Å²) in [5, 5.41) is 14.8. The Labute approximate surface area is 253 Å². The first-order chi connectivity index (χ1) is 20.5. The van der Waals surface area contributed by atoms with Crippen molar-refractivity contribution in [2.24, 2.45) is 0 Å². The Morgan fingerprint density at radius 1 is 1.12 bits per heavy atom. The molecule has 0 saturated heterocycles. The van der Waals surface area contributed by atoms with Crippen LogP contribution in [0.2, 0.25) is 0 Å². The minimum absolute atomic E-state index is 0.145. The van der Waals surface area contributed by atoms with Crippen molar-refractivity contribution in [3.05, 3.63) is 105 Å². The van der Waals surface area contributed by atoms with Crippen LogP contribution in [0.25, 0.3) is 0 Å². The monoisotopic (exact) mass is 628 g/mol. The van der Waals surface area contributed by atoms with E-state index in [0.717, 1.165) is 28.3 Å². The van der Waals surface area contributed by atoms with Gasteiger partial charge in [0.1, 0.15) is 38.6 Å². The van der Waals surface area contributed by atoms with E-state index in [2.05, 4.69) is 20.3 Å². The molecule has 2 aromatic heterocycles. The highest BCUT2D eigenvalue weighted by Gasteiger charge is 2.24. The quantitative estimate of drug-likeness (QED) is 0.177. The number of H-pyrrole nitrogens is 1. The highest BCUT2D eigenvalue weighted by Crippen LogP contribution is 2.26. The molecule has 228 valence electrons. The molecule has 2 aromatic carbocycles. The molecule has 4 aromatic rings. The summed E-state index contributed by atoms with van der Waals surface area (Å²) in [6, 6.07) is 9.97. The van der Waals surface area contributed by atoms with Crippen molar-refractivity contribution in [2.75, 3.05) is 12.0 Å². The number of thiazole rings is 1. The molecular formula is C30H33FN4O6S2. The van der Waals surface area contributed by atoms with Crippen molar-refractivity contribution in [2.45, 2.75) is 51.4 Å². The largest absolute Gasteiger partial charge is 0.480 e. The number of ether oxygens (including phenoxy) is 1. The molecule has 10 nitrogen and oxygen atoms in total. The SMILES string of the molecule is Cc1ncc(CC(OCc2ccc(CCc3ccc(F)cc3)c(C(=O)N[C@@H](CCS(C)(=O)=O)C(=O)O)c2)c2nccs2)[nH]1. The number of carbonyl (C=O) groups is 2. The summed E-state index contributed by atoms with van der Waals surface area (Å²) in [5.74, 6) is -1.91. The summed E-state index contributed by atoms with van der Waals surface area (Å²) in [7, 11) is -3.43. The number of carboxylic acids is 1. The summed E-state index contributed by atoms with van der Waals surface area (Å²) >= 11 is 1.47. The molecule has 0 fully saturated rings. The number of imidazole rings is 1. The van der Waals surface area contributed by atoms with Gasteiger partial charge in [-0.2, -0.15) is 0 Å². The minimum atomic E-state index is -3.43. The van der Waals surface area contributed by atoms with Gasteiger partial charge in [0.25, 0.3) is 5.91 Å². The number of nitrogens with zero attached hydrogens (tertiary/aromatic N) is 2. The van der Waals surface area contributed by atoms with Crippen LogP contribution in [0.5, 0.6) is 0 Å². The van der Waals surface area contributed by atoms with Gasteiger partial charge in [0.05, 0.1) is 12.4 Å². The Kier molecular flexibility index (Phi) is 10.8. The molecule has 3 N–H and O–H groups in total. The molecule has 0 aliphatic carbocycles. The van der Waals surface area contributed by atoms with E-state index in [9.17, 15) is 27.5 Å². The van der Waals surface area contributed by atoms with E-state index >= 15 is 0 Å². The number of hydrogen-bond donors (Lipinski definition) is 3. The second-order valence-electron chi connectivity index (χ2n) is 10.3. The predicted octanol–water partition coefficient (Wildman–Crippen LogP) is 4.22. The molecule has 0 spiro atoms. The average Bonchev–Trinajstić information content (AvgIpc) is 3.64. The van der Waals surface area contributed by atoms with Gasteiger partial charge in [-0.05, 0) is 61.1 Å². The van der Waals surface area contributed by atoms with Crippen LogP contribution in [0.15, 0.2) is 60.2 Å². The first-order valence-electron chi connectivity index (χ1n) is 13.6. The molecule has 1 unspecified atom stereocenters. The summed E-state index contributed by atoms with van der Waals surface area (Å²) in [6.45, 7) is 2.01. The topological polar surface area (TPSA) is 151 Å². The molecule has 13 heteroatoms. The van der Waals surface area contributed by atoms with Crippen LogP contribution in [-0.2, 0) is 45.2 Å². The van der Waals surface area contributed by atoms with E-state index < -0.39 is 27.8 Å². The Hall–Kier alpha value is -3.94. The molecule has 0 aliphatic heterocycles. The third-order valence-corrected chi connectivity index (χ3v) is 8.58. The maximum atomic E-state index is 13.4. The van der Waals surface area contributed by atoms with Gasteiger partial charge in [0.15, 0.2) is 0 Å². The van der Waals surface area contributed by atoms with Gasteiger partial charge in [-0.3, -0.25) is 4.79 Å². The molecule has 43 heavy (non-hydrogen) atoms. The Bertz CT molecular complexity index is 1640. The number of aromatic nitrogens is 3. The number of aliphatic carboxylic acids is 1. The number of carbonyl (C=O) groups excluding carboxylic acids is 1. The number of carboxylic acid groups (broad SMARTS) is 1. The first kappa shape index (κ1) is 32.0. The molecule has 0 bridgehead atoms. The zero-order valence-electron chi connectivity index (χ0n) is 23.7. The third kappa shape index (κ3) is 9.80. The summed E-state index contributed by atoms with van der Waals surface area (Å²) in [6.07, 6.45) is 5.28. The zero-order valence-corrected chi connectivity index (χ0v) is 25.4. The van der Waals surface area contributed by atoms with Gasteiger partial charge in [-0.25, -0.2) is 27.6 Å². The Morgan fingerprint density at radius 2 is 1.86 bits per heavy atom. The van der Waals surface area contributed by atoms with Crippen LogP contribution >= 0.6 is 11.3 Å². The average molecular weight is 629 g/mol. The van der Waals surface area contributed by atoms with Crippen molar-refractivity contribution in [1.29, 1.82) is 0 Å². The van der Waals surface area contributed by atoms with E-state index in [1.165, 1.54) is 23.5 Å². The number of hydrogen-bond acceptors (Lipinski definition) is 8. The lowest BCUT2D eigenvalue weighted by Crippen LogP contribution is -2.42. The normalized spacial score (nSPS) is 13.0. The van der Waals surface area contributed by atoms with Gasteiger partial charge >= 0.3 is 5.97 Å². The molecule has 0 radical (unpaired) electrons. The Morgan fingerprint density at radius 3 is 2.49 bits per heavy atom. The molecule has 0 aliphatic rings. The van der Waals surface area contributed by atoms with Crippen molar-refractivity contribution in [1.82, 2.24) is 20.3 Å². The second kappa shape index (κ2) is 14.5. The highest BCUT2D eigenvalue weighted by atomic mass is 32.2. The van der Waals surface area contributed by atoms with E-state index in [1.807, 2.05) is 18.4 Å². The third-order valence-electron chi connectivity index (χ3n) is 6.73.